The minimum atomic E-state index is -0.267. The highest BCUT2D eigenvalue weighted by molar-refractivity contribution is 5.77. The molecule has 0 aromatic heterocycles. The molecule has 1 aliphatic heterocycles. The summed E-state index contributed by atoms with van der Waals surface area (Å²) in [6, 6.07) is 7.62. The van der Waals surface area contributed by atoms with E-state index in [0.717, 1.165) is 11.3 Å². The van der Waals surface area contributed by atoms with Gasteiger partial charge in [0, 0.05) is 13.1 Å². The van der Waals surface area contributed by atoms with Crippen LogP contribution in [0.4, 0.5) is 0 Å². The third-order valence-electron chi connectivity index (χ3n) is 3.41. The van der Waals surface area contributed by atoms with E-state index in [1.165, 1.54) is 0 Å². The molecule has 0 saturated carbocycles. The summed E-state index contributed by atoms with van der Waals surface area (Å²) in [5.41, 5.74) is 1.00. The smallest absolute Gasteiger partial charge is 0.260 e. The molecule has 1 aromatic carbocycles. The van der Waals surface area contributed by atoms with Crippen molar-refractivity contribution in [3.63, 3.8) is 0 Å². The number of ether oxygens (including phenoxy) is 1. The summed E-state index contributed by atoms with van der Waals surface area (Å²) in [6.07, 6.45) is 1.68. The number of aliphatic hydroxyl groups excluding tert-OH is 1. The average molecular weight is 262 g/mol. The molecule has 1 amide bonds. The van der Waals surface area contributed by atoms with E-state index in [1.54, 1.807) is 4.90 Å². The quantitative estimate of drug-likeness (QED) is 0.893. The van der Waals surface area contributed by atoms with E-state index in [0.29, 0.717) is 32.4 Å². The highest BCUT2D eigenvalue weighted by atomic mass is 16.5. The first kappa shape index (κ1) is 13.9. The normalized spacial score (nSPS) is 16.4. The molecule has 1 heterocycles. The number of likely N-dealkylation sites (tertiary alicyclic amines) is 1. The fourth-order valence-electron chi connectivity index (χ4n) is 2.20. The second kappa shape index (κ2) is 6.57. The predicted octanol–water partition coefficient (Wildman–Crippen LogP) is 1.43. The monoisotopic (exact) mass is 262 g/mol. The average Bonchev–Trinajstić information content (AvgIpc) is 2.45. The first-order chi connectivity index (χ1) is 9.20. The number of aliphatic hydroxyl groups is 1. The lowest BCUT2D eigenvalue weighted by molar-refractivity contribution is -0.135. The summed E-state index contributed by atoms with van der Waals surface area (Å²) >= 11 is 0. The lowest BCUT2D eigenvalue weighted by Gasteiger charge is -2.29. The van der Waals surface area contributed by atoms with E-state index in [9.17, 15) is 9.90 Å². The Labute approximate surface area is 114 Å². The minimum Gasteiger partial charge on any atom is -0.483 e. The second-order valence-electron chi connectivity index (χ2n) is 4.76. The number of carbonyl (C=O) groups excluding carboxylic acids is 1. The van der Waals surface area contributed by atoms with Gasteiger partial charge < -0.3 is 14.7 Å². The van der Waals surface area contributed by atoms with Crippen molar-refractivity contribution in [1.82, 2.24) is 4.90 Å². The van der Waals surface area contributed by atoms with Gasteiger partial charge in [0.1, 0.15) is 5.75 Å². The number of para-hydroxylation sites is 1. The van der Waals surface area contributed by atoms with Crippen molar-refractivity contribution in [2.75, 3.05) is 19.7 Å². The molecule has 103 valence electrons. The molecule has 1 radical (unpaired) electrons. The molecule has 0 spiro atoms. The van der Waals surface area contributed by atoms with Crippen molar-refractivity contribution in [3.8, 4) is 5.75 Å². The van der Waals surface area contributed by atoms with Gasteiger partial charge in [-0.25, -0.2) is 0 Å². The van der Waals surface area contributed by atoms with Gasteiger partial charge in [-0.1, -0.05) is 18.2 Å². The van der Waals surface area contributed by atoms with Gasteiger partial charge in [0.2, 0.25) is 0 Å². The van der Waals surface area contributed by atoms with Crippen LogP contribution in [0.3, 0.4) is 0 Å². The third-order valence-corrected chi connectivity index (χ3v) is 3.41. The van der Waals surface area contributed by atoms with Crippen molar-refractivity contribution < 1.29 is 14.6 Å². The highest BCUT2D eigenvalue weighted by Crippen LogP contribution is 2.18. The molecule has 19 heavy (non-hydrogen) atoms. The number of nitrogens with zero attached hydrogens (tertiary/aromatic N) is 1. The zero-order valence-electron chi connectivity index (χ0n) is 11.0. The van der Waals surface area contributed by atoms with Crippen LogP contribution in [-0.4, -0.2) is 41.7 Å². The molecular formula is C15H20NO3. The van der Waals surface area contributed by atoms with Crippen LogP contribution in [0, 0.1) is 6.92 Å². The summed E-state index contributed by atoms with van der Waals surface area (Å²) in [6.45, 7) is 5.11. The van der Waals surface area contributed by atoms with Crippen molar-refractivity contribution in [2.45, 2.75) is 25.4 Å². The number of piperidine rings is 1. The number of amides is 1. The fourth-order valence-corrected chi connectivity index (χ4v) is 2.20. The number of rotatable bonds is 4. The van der Waals surface area contributed by atoms with Gasteiger partial charge in [0.25, 0.3) is 5.91 Å². The van der Waals surface area contributed by atoms with E-state index < -0.39 is 0 Å². The fraction of sp³-hybridized carbons (Fsp3) is 0.467. The number of benzene rings is 1. The van der Waals surface area contributed by atoms with Crippen molar-refractivity contribution in [1.29, 1.82) is 0 Å². The molecule has 0 aliphatic carbocycles. The summed E-state index contributed by atoms with van der Waals surface area (Å²) < 4.78 is 5.58. The lowest BCUT2D eigenvalue weighted by Crippen LogP contribution is -2.42. The molecule has 0 bridgehead atoms. The lowest BCUT2D eigenvalue weighted by atomic mass is 10.1. The van der Waals surface area contributed by atoms with Gasteiger partial charge in [-0.2, -0.15) is 0 Å². The van der Waals surface area contributed by atoms with Crippen LogP contribution in [0.15, 0.2) is 24.3 Å². The molecule has 0 atom stereocenters. The van der Waals surface area contributed by atoms with Crippen molar-refractivity contribution >= 4 is 5.91 Å². The number of carbonyl (C=O) groups is 1. The van der Waals surface area contributed by atoms with E-state index in [2.05, 4.69) is 6.92 Å². The molecule has 0 unspecified atom stereocenters. The van der Waals surface area contributed by atoms with Gasteiger partial charge in [-0.15, -0.1) is 0 Å². The van der Waals surface area contributed by atoms with Crippen LogP contribution >= 0.6 is 0 Å². The SMILES string of the molecule is [CH2]Cc1ccccc1OCC(=O)N1CCC(O)CC1. The predicted molar refractivity (Wildman–Crippen MR) is 72.8 cm³/mol. The second-order valence-corrected chi connectivity index (χ2v) is 4.76. The minimum absolute atomic E-state index is 0.0224. The maximum atomic E-state index is 12.0. The molecular weight excluding hydrogens is 242 g/mol. The summed E-state index contributed by atoms with van der Waals surface area (Å²) in [5, 5.41) is 9.41. The number of hydrogen-bond donors (Lipinski definition) is 1. The highest BCUT2D eigenvalue weighted by Gasteiger charge is 2.21. The van der Waals surface area contributed by atoms with Crippen LogP contribution in [0.1, 0.15) is 18.4 Å². The van der Waals surface area contributed by atoms with Crippen LogP contribution in [-0.2, 0) is 11.2 Å². The van der Waals surface area contributed by atoms with Crippen LogP contribution in [0.2, 0.25) is 0 Å². The zero-order valence-corrected chi connectivity index (χ0v) is 11.0. The first-order valence-electron chi connectivity index (χ1n) is 6.66. The van der Waals surface area contributed by atoms with Crippen molar-refractivity contribution in [3.05, 3.63) is 36.8 Å². The molecule has 1 aliphatic rings. The van der Waals surface area contributed by atoms with Crippen LogP contribution < -0.4 is 4.74 Å². The Balaban J connectivity index is 1.86. The standard InChI is InChI=1S/C15H20NO3/c1-2-12-5-3-4-6-14(12)19-11-15(18)16-9-7-13(17)8-10-16/h3-6,13,17H,1-2,7-11H2. The molecule has 1 aromatic rings. The topological polar surface area (TPSA) is 49.8 Å². The molecule has 1 N–H and O–H groups in total. The Kier molecular flexibility index (Phi) is 4.80. The van der Waals surface area contributed by atoms with E-state index in [4.69, 9.17) is 4.74 Å². The molecule has 4 heteroatoms. The Morgan fingerprint density at radius 3 is 2.74 bits per heavy atom. The third kappa shape index (κ3) is 3.70. The van der Waals surface area contributed by atoms with Gasteiger partial charge in [-0.05, 0) is 37.8 Å². The largest absolute Gasteiger partial charge is 0.483 e. The molecule has 1 saturated heterocycles. The molecule has 2 rings (SSSR count). The zero-order chi connectivity index (χ0) is 13.7. The maximum absolute atomic E-state index is 12.0. The van der Waals surface area contributed by atoms with Gasteiger partial charge >= 0.3 is 0 Å². The summed E-state index contributed by atoms with van der Waals surface area (Å²) in [5.74, 6) is 0.702. The summed E-state index contributed by atoms with van der Waals surface area (Å²) in [7, 11) is 0. The van der Waals surface area contributed by atoms with E-state index >= 15 is 0 Å². The van der Waals surface area contributed by atoms with Crippen LogP contribution in [0.5, 0.6) is 5.75 Å². The summed E-state index contributed by atoms with van der Waals surface area (Å²) in [4.78, 5) is 13.7. The van der Waals surface area contributed by atoms with Gasteiger partial charge in [0.05, 0.1) is 6.10 Å². The Bertz CT molecular complexity index is 425. The Morgan fingerprint density at radius 2 is 2.05 bits per heavy atom. The van der Waals surface area contributed by atoms with Crippen molar-refractivity contribution in [2.24, 2.45) is 0 Å². The van der Waals surface area contributed by atoms with Gasteiger partial charge in [0.15, 0.2) is 6.61 Å². The van der Waals surface area contributed by atoms with E-state index in [-0.39, 0.29) is 18.6 Å². The molecule has 1 fully saturated rings. The Hall–Kier alpha value is -1.55. The van der Waals surface area contributed by atoms with E-state index in [1.807, 2.05) is 24.3 Å². The van der Waals surface area contributed by atoms with Crippen LogP contribution in [0.25, 0.3) is 0 Å². The number of hydrogen-bond acceptors (Lipinski definition) is 3. The van der Waals surface area contributed by atoms with Gasteiger partial charge in [-0.3, -0.25) is 4.79 Å². The first-order valence-corrected chi connectivity index (χ1v) is 6.66. The molecule has 4 nitrogen and oxygen atoms in total. The maximum Gasteiger partial charge on any atom is 0.260 e. The Morgan fingerprint density at radius 1 is 1.37 bits per heavy atom.